The van der Waals surface area contributed by atoms with Crippen LogP contribution in [0.4, 0.5) is 4.79 Å². The number of carboxylic acids is 1. The fourth-order valence-corrected chi connectivity index (χ4v) is 4.56. The fraction of sp³-hybridized carbons (Fsp3) is 0.375. The minimum Gasteiger partial charge on any atom is -0.481 e. The third-order valence-corrected chi connectivity index (χ3v) is 6.14. The topological polar surface area (TPSA) is 125 Å². The summed E-state index contributed by atoms with van der Waals surface area (Å²) in [6, 6.07) is 14.1. The van der Waals surface area contributed by atoms with Gasteiger partial charge in [-0.2, -0.15) is 0 Å². The minimum absolute atomic E-state index is 0.0581. The molecule has 0 aromatic heterocycles. The number of hydrogen-bond donors (Lipinski definition) is 4. The molecule has 4 N–H and O–H groups in total. The Morgan fingerprint density at radius 2 is 1.62 bits per heavy atom. The molecule has 0 heterocycles. The highest BCUT2D eigenvalue weighted by Crippen LogP contribution is 2.44. The van der Waals surface area contributed by atoms with Crippen molar-refractivity contribution in [3.8, 4) is 11.1 Å². The summed E-state index contributed by atoms with van der Waals surface area (Å²) in [6.07, 6.45) is -0.153. The Kier molecular flexibility index (Phi) is 6.41. The van der Waals surface area contributed by atoms with Gasteiger partial charge in [-0.25, -0.2) is 4.79 Å². The lowest BCUT2D eigenvalue weighted by Crippen LogP contribution is -2.52. The molecule has 3 atom stereocenters. The Morgan fingerprint density at radius 3 is 2.19 bits per heavy atom. The number of hydrogen-bond acceptors (Lipinski definition) is 5. The second-order valence-corrected chi connectivity index (χ2v) is 8.23. The van der Waals surface area contributed by atoms with Crippen molar-refractivity contribution in [2.45, 2.75) is 49.8 Å². The summed E-state index contributed by atoms with van der Waals surface area (Å²) in [4.78, 5) is 36.2. The molecule has 32 heavy (non-hydrogen) atoms. The van der Waals surface area contributed by atoms with Crippen molar-refractivity contribution >= 4 is 18.0 Å². The van der Waals surface area contributed by atoms with Crippen LogP contribution in [0.15, 0.2) is 48.5 Å². The quantitative estimate of drug-likeness (QED) is 0.526. The number of rotatable bonds is 7. The average molecular weight is 438 g/mol. The smallest absolute Gasteiger partial charge is 0.407 e. The molecule has 2 aliphatic carbocycles. The van der Waals surface area contributed by atoms with Gasteiger partial charge in [-0.05, 0) is 41.5 Å². The molecule has 0 bridgehead atoms. The first-order valence-corrected chi connectivity index (χ1v) is 10.8. The van der Waals surface area contributed by atoms with E-state index >= 15 is 0 Å². The van der Waals surface area contributed by atoms with Crippen LogP contribution in [0.1, 0.15) is 42.7 Å². The van der Waals surface area contributed by atoms with Gasteiger partial charge in [0.25, 0.3) is 0 Å². The molecular weight excluding hydrogens is 412 g/mol. The number of aliphatic hydroxyl groups is 1. The van der Waals surface area contributed by atoms with E-state index in [1.165, 1.54) is 0 Å². The SMILES string of the molecule is O=C(O)CC(NC(=O)OCC1c2ccccc2-c2ccccc21)C(=O)NC1CCCC1O. The zero-order valence-corrected chi connectivity index (χ0v) is 17.5. The van der Waals surface area contributed by atoms with E-state index < -0.39 is 42.6 Å². The molecule has 1 fully saturated rings. The van der Waals surface area contributed by atoms with Gasteiger partial charge in [0, 0.05) is 5.92 Å². The number of alkyl carbamates (subject to hydrolysis) is 1. The normalized spacial score (nSPS) is 20.2. The van der Waals surface area contributed by atoms with Gasteiger partial charge in [0.05, 0.1) is 18.6 Å². The van der Waals surface area contributed by atoms with E-state index in [4.69, 9.17) is 9.84 Å². The Morgan fingerprint density at radius 1 is 1.00 bits per heavy atom. The Labute approximate surface area is 185 Å². The highest BCUT2D eigenvalue weighted by atomic mass is 16.5. The monoisotopic (exact) mass is 438 g/mol. The number of aliphatic carboxylic acids is 1. The van der Waals surface area contributed by atoms with Crippen molar-refractivity contribution in [3.63, 3.8) is 0 Å². The van der Waals surface area contributed by atoms with Crippen LogP contribution in [0.2, 0.25) is 0 Å². The zero-order valence-electron chi connectivity index (χ0n) is 17.5. The summed E-state index contributed by atoms with van der Waals surface area (Å²) < 4.78 is 5.42. The van der Waals surface area contributed by atoms with Crippen molar-refractivity contribution in [3.05, 3.63) is 59.7 Å². The van der Waals surface area contributed by atoms with Crippen LogP contribution in [0.5, 0.6) is 0 Å². The molecule has 0 aliphatic heterocycles. The lowest BCUT2D eigenvalue weighted by Gasteiger charge is -2.22. The summed E-state index contributed by atoms with van der Waals surface area (Å²) in [6.45, 7) is 0.0581. The zero-order chi connectivity index (χ0) is 22.7. The van der Waals surface area contributed by atoms with Gasteiger partial charge < -0.3 is 25.6 Å². The molecule has 1 saturated carbocycles. The number of carbonyl (C=O) groups excluding carboxylic acids is 2. The highest BCUT2D eigenvalue weighted by Gasteiger charge is 2.32. The van der Waals surface area contributed by atoms with Gasteiger partial charge in [0.2, 0.25) is 5.91 Å². The highest BCUT2D eigenvalue weighted by molar-refractivity contribution is 5.89. The van der Waals surface area contributed by atoms with Gasteiger partial charge in [-0.1, -0.05) is 48.5 Å². The molecule has 2 aromatic rings. The summed E-state index contributed by atoms with van der Waals surface area (Å²) in [5.41, 5.74) is 4.29. The molecule has 8 heteroatoms. The largest absolute Gasteiger partial charge is 0.481 e. The van der Waals surface area contributed by atoms with E-state index in [1.54, 1.807) is 0 Å². The molecular formula is C24H26N2O6. The summed E-state index contributed by atoms with van der Waals surface area (Å²) in [5, 5.41) is 24.1. The fourth-order valence-electron chi connectivity index (χ4n) is 4.56. The molecule has 2 aromatic carbocycles. The number of aliphatic hydroxyl groups excluding tert-OH is 1. The number of amides is 2. The number of nitrogens with one attached hydrogen (secondary N) is 2. The number of fused-ring (bicyclic) bond motifs is 3. The standard InChI is InChI=1S/C24H26N2O6/c27-21-11-5-10-19(21)25-23(30)20(12-22(28)29)26-24(31)32-13-18-16-8-3-1-6-14(16)15-7-2-4-9-17(15)18/h1-4,6-9,18-21,27H,5,10-13H2,(H,25,30)(H,26,31)(H,28,29). The maximum atomic E-state index is 12.5. The van der Waals surface area contributed by atoms with E-state index in [0.717, 1.165) is 28.7 Å². The predicted octanol–water partition coefficient (Wildman–Crippen LogP) is 2.40. The van der Waals surface area contributed by atoms with E-state index in [9.17, 15) is 19.5 Å². The van der Waals surface area contributed by atoms with E-state index in [-0.39, 0.29) is 12.5 Å². The Bertz CT molecular complexity index is 978. The van der Waals surface area contributed by atoms with Crippen LogP contribution in [0.25, 0.3) is 11.1 Å². The lowest BCUT2D eigenvalue weighted by molar-refractivity contribution is -0.140. The van der Waals surface area contributed by atoms with Gasteiger partial charge in [0.15, 0.2) is 0 Å². The second-order valence-electron chi connectivity index (χ2n) is 8.23. The summed E-state index contributed by atoms with van der Waals surface area (Å²) in [7, 11) is 0. The first-order chi connectivity index (χ1) is 15.4. The minimum atomic E-state index is -1.30. The van der Waals surface area contributed by atoms with Crippen LogP contribution in [-0.4, -0.2) is 53.0 Å². The first kappa shape index (κ1) is 21.8. The summed E-state index contributed by atoms with van der Waals surface area (Å²) >= 11 is 0. The lowest BCUT2D eigenvalue weighted by atomic mass is 9.98. The maximum absolute atomic E-state index is 12.5. The van der Waals surface area contributed by atoms with E-state index in [2.05, 4.69) is 10.6 Å². The number of carbonyl (C=O) groups is 3. The molecule has 3 unspecified atom stereocenters. The van der Waals surface area contributed by atoms with Crippen LogP contribution < -0.4 is 10.6 Å². The Balaban J connectivity index is 1.40. The molecule has 0 spiro atoms. The van der Waals surface area contributed by atoms with Crippen molar-refractivity contribution in [2.75, 3.05) is 6.61 Å². The van der Waals surface area contributed by atoms with Crippen LogP contribution in [0, 0.1) is 0 Å². The average Bonchev–Trinajstić information content (AvgIpc) is 3.32. The van der Waals surface area contributed by atoms with E-state index in [1.807, 2.05) is 48.5 Å². The molecule has 0 radical (unpaired) electrons. The molecule has 168 valence electrons. The molecule has 0 saturated heterocycles. The number of carboxylic acid groups (broad SMARTS) is 1. The third-order valence-electron chi connectivity index (χ3n) is 6.14. The predicted molar refractivity (Wildman–Crippen MR) is 116 cm³/mol. The van der Waals surface area contributed by atoms with E-state index in [0.29, 0.717) is 12.8 Å². The number of benzene rings is 2. The van der Waals surface area contributed by atoms with Crippen molar-refractivity contribution in [2.24, 2.45) is 0 Å². The molecule has 8 nitrogen and oxygen atoms in total. The van der Waals surface area contributed by atoms with Crippen molar-refractivity contribution in [1.29, 1.82) is 0 Å². The Hall–Kier alpha value is -3.39. The van der Waals surface area contributed by atoms with Crippen LogP contribution in [0.3, 0.4) is 0 Å². The van der Waals surface area contributed by atoms with Crippen molar-refractivity contribution < 1.29 is 29.3 Å². The van der Waals surface area contributed by atoms with Gasteiger partial charge in [0.1, 0.15) is 12.6 Å². The number of ether oxygens (including phenoxy) is 1. The van der Waals surface area contributed by atoms with Crippen molar-refractivity contribution in [1.82, 2.24) is 10.6 Å². The van der Waals surface area contributed by atoms with Crippen LogP contribution in [-0.2, 0) is 14.3 Å². The third kappa shape index (κ3) is 4.60. The molecule has 2 amide bonds. The first-order valence-electron chi connectivity index (χ1n) is 10.8. The van der Waals surface area contributed by atoms with Crippen LogP contribution >= 0.6 is 0 Å². The van der Waals surface area contributed by atoms with Gasteiger partial charge in [-0.15, -0.1) is 0 Å². The van der Waals surface area contributed by atoms with Gasteiger partial charge >= 0.3 is 12.1 Å². The molecule has 4 rings (SSSR count). The maximum Gasteiger partial charge on any atom is 0.407 e. The van der Waals surface area contributed by atoms with Gasteiger partial charge in [-0.3, -0.25) is 9.59 Å². The summed E-state index contributed by atoms with van der Waals surface area (Å²) in [5.74, 6) is -2.02. The second kappa shape index (κ2) is 9.40. The molecule has 2 aliphatic rings.